The first-order valence-corrected chi connectivity index (χ1v) is 9.76. The van der Waals surface area contributed by atoms with Crippen molar-refractivity contribution >= 4 is 28.8 Å². The van der Waals surface area contributed by atoms with E-state index in [-0.39, 0.29) is 11.3 Å². The number of imide groups is 1. The number of hydrogen-bond donors (Lipinski definition) is 1. The number of nitrogens with zero attached hydrogens (tertiary/aromatic N) is 1. The Balaban J connectivity index is 1.85. The van der Waals surface area contributed by atoms with Gasteiger partial charge >= 0.3 is 0 Å². The predicted octanol–water partition coefficient (Wildman–Crippen LogP) is 4.85. The van der Waals surface area contributed by atoms with E-state index in [0.717, 1.165) is 16.0 Å². The Labute approximate surface area is 179 Å². The Morgan fingerprint density at radius 3 is 2.13 bits per heavy atom. The molecule has 6 heteroatoms. The number of carbonyl (C=O) groups excluding carboxylic acids is 2. The molecule has 1 aliphatic heterocycles. The minimum absolute atomic E-state index is 0.112. The van der Waals surface area contributed by atoms with E-state index in [1.54, 1.807) is 18.2 Å². The lowest BCUT2D eigenvalue weighted by Gasteiger charge is -2.16. The molecule has 31 heavy (non-hydrogen) atoms. The molecule has 156 valence electrons. The zero-order chi connectivity index (χ0) is 22.1. The predicted molar refractivity (Wildman–Crippen MR) is 118 cm³/mol. The molecule has 2 amide bonds. The second kappa shape index (κ2) is 8.07. The van der Waals surface area contributed by atoms with Crippen molar-refractivity contribution in [3.8, 4) is 5.75 Å². The summed E-state index contributed by atoms with van der Waals surface area (Å²) in [6, 6.07) is 18.1. The van der Waals surface area contributed by atoms with Crippen LogP contribution in [0.3, 0.4) is 0 Å². The zero-order valence-corrected chi connectivity index (χ0v) is 17.4. The number of carbonyl (C=O) groups is 2. The fourth-order valence-corrected chi connectivity index (χ4v) is 3.51. The van der Waals surface area contributed by atoms with Crippen LogP contribution in [-0.2, 0) is 9.59 Å². The first-order chi connectivity index (χ1) is 14.9. The molecule has 0 aliphatic carbocycles. The minimum atomic E-state index is -0.489. The van der Waals surface area contributed by atoms with Crippen LogP contribution >= 0.6 is 0 Å². The lowest BCUT2D eigenvalue weighted by Crippen LogP contribution is -2.32. The van der Waals surface area contributed by atoms with Gasteiger partial charge in [-0.25, -0.2) is 9.29 Å². The largest absolute Gasteiger partial charge is 0.495 e. The third-order valence-electron chi connectivity index (χ3n) is 5.12. The monoisotopic (exact) mass is 416 g/mol. The van der Waals surface area contributed by atoms with Crippen LogP contribution in [0.25, 0.3) is 5.57 Å². The Hall–Kier alpha value is -3.93. The maximum absolute atomic E-state index is 13.5. The maximum Gasteiger partial charge on any atom is 0.282 e. The molecule has 0 saturated carbocycles. The van der Waals surface area contributed by atoms with Crippen molar-refractivity contribution in [2.45, 2.75) is 13.8 Å². The number of nitrogens with one attached hydrogen (secondary N) is 1. The Morgan fingerprint density at radius 2 is 1.48 bits per heavy atom. The number of rotatable bonds is 5. The van der Waals surface area contributed by atoms with Gasteiger partial charge in [-0.15, -0.1) is 0 Å². The molecule has 0 fully saturated rings. The smallest absolute Gasteiger partial charge is 0.282 e. The maximum atomic E-state index is 13.5. The molecule has 1 heterocycles. The summed E-state index contributed by atoms with van der Waals surface area (Å²) >= 11 is 0. The van der Waals surface area contributed by atoms with Gasteiger partial charge in [0.2, 0.25) is 0 Å². The van der Waals surface area contributed by atoms with Crippen LogP contribution < -0.4 is 15.0 Å². The van der Waals surface area contributed by atoms with Crippen molar-refractivity contribution in [1.82, 2.24) is 0 Å². The van der Waals surface area contributed by atoms with Crippen LogP contribution in [0.2, 0.25) is 0 Å². The number of halogens is 1. The molecule has 1 N–H and O–H groups in total. The molecule has 0 aromatic heterocycles. The molecule has 0 atom stereocenters. The fourth-order valence-electron chi connectivity index (χ4n) is 3.51. The third kappa shape index (κ3) is 3.80. The average molecular weight is 416 g/mol. The number of aryl methyl sites for hydroxylation is 2. The van der Waals surface area contributed by atoms with Crippen LogP contribution in [0.5, 0.6) is 5.75 Å². The van der Waals surface area contributed by atoms with Gasteiger partial charge in [0.1, 0.15) is 17.3 Å². The Bertz CT molecular complexity index is 1200. The highest BCUT2D eigenvalue weighted by Crippen LogP contribution is 2.36. The van der Waals surface area contributed by atoms with Crippen molar-refractivity contribution in [2.75, 3.05) is 17.3 Å². The van der Waals surface area contributed by atoms with E-state index in [2.05, 4.69) is 5.32 Å². The highest BCUT2D eigenvalue weighted by Gasteiger charge is 2.40. The van der Waals surface area contributed by atoms with Crippen molar-refractivity contribution in [1.29, 1.82) is 0 Å². The number of benzene rings is 3. The molecular formula is C25H21FN2O3. The van der Waals surface area contributed by atoms with E-state index < -0.39 is 17.6 Å². The van der Waals surface area contributed by atoms with E-state index in [1.165, 1.54) is 31.4 Å². The molecule has 0 bridgehead atoms. The molecule has 0 saturated heterocycles. The van der Waals surface area contributed by atoms with Gasteiger partial charge < -0.3 is 10.1 Å². The van der Waals surface area contributed by atoms with Crippen molar-refractivity contribution in [3.63, 3.8) is 0 Å². The molecule has 5 nitrogen and oxygen atoms in total. The quantitative estimate of drug-likeness (QED) is 0.604. The Kier molecular flexibility index (Phi) is 5.29. The summed E-state index contributed by atoms with van der Waals surface area (Å²) in [6.07, 6.45) is 0. The summed E-state index contributed by atoms with van der Waals surface area (Å²) in [7, 11) is 1.53. The van der Waals surface area contributed by atoms with Crippen LogP contribution in [0.1, 0.15) is 16.7 Å². The summed E-state index contributed by atoms with van der Waals surface area (Å²) in [6.45, 7) is 3.84. The molecule has 4 rings (SSSR count). The first kappa shape index (κ1) is 20.3. The van der Waals surface area contributed by atoms with Gasteiger partial charge in [-0.1, -0.05) is 35.9 Å². The normalized spacial score (nSPS) is 13.7. The SMILES string of the molecule is COc1ccc(C)cc1NC1=C(c2ccc(F)cc2)C(=O)N(c2ccc(C)cc2)C1=O. The van der Waals surface area contributed by atoms with Gasteiger partial charge in [0.05, 0.1) is 24.1 Å². The summed E-state index contributed by atoms with van der Waals surface area (Å²) in [5, 5.41) is 3.10. The highest BCUT2D eigenvalue weighted by atomic mass is 19.1. The lowest BCUT2D eigenvalue weighted by molar-refractivity contribution is -0.120. The van der Waals surface area contributed by atoms with Gasteiger partial charge in [-0.3, -0.25) is 9.59 Å². The molecule has 0 spiro atoms. The second-order valence-electron chi connectivity index (χ2n) is 7.37. The molecular weight excluding hydrogens is 395 g/mol. The van der Waals surface area contributed by atoms with Crippen molar-refractivity contribution < 1.29 is 18.7 Å². The topological polar surface area (TPSA) is 58.6 Å². The average Bonchev–Trinajstić information content (AvgIpc) is 2.99. The van der Waals surface area contributed by atoms with Gasteiger partial charge in [-0.05, 0) is 61.4 Å². The molecule has 0 unspecified atom stereocenters. The standard InChI is InChI=1S/C25H21FN2O3/c1-15-4-11-19(12-5-15)28-24(29)22(17-7-9-18(26)10-8-17)23(25(28)30)27-20-14-16(2)6-13-21(20)31-3/h4-14,27H,1-3H3. The summed E-state index contributed by atoms with van der Waals surface area (Å²) in [5.41, 5.74) is 3.73. The number of anilines is 2. The van der Waals surface area contributed by atoms with Crippen LogP contribution in [0.4, 0.5) is 15.8 Å². The van der Waals surface area contributed by atoms with E-state index in [4.69, 9.17) is 4.74 Å². The van der Waals surface area contributed by atoms with Gasteiger partial charge in [0.25, 0.3) is 11.8 Å². The molecule has 0 radical (unpaired) electrons. The number of hydrogen-bond acceptors (Lipinski definition) is 4. The molecule has 3 aromatic carbocycles. The van der Waals surface area contributed by atoms with Gasteiger partial charge in [-0.2, -0.15) is 0 Å². The first-order valence-electron chi connectivity index (χ1n) is 9.76. The van der Waals surface area contributed by atoms with Gasteiger partial charge in [0.15, 0.2) is 0 Å². The molecule has 1 aliphatic rings. The summed E-state index contributed by atoms with van der Waals surface area (Å²) in [4.78, 5) is 27.9. The second-order valence-corrected chi connectivity index (χ2v) is 7.37. The van der Waals surface area contributed by atoms with Gasteiger partial charge in [0, 0.05) is 0 Å². The van der Waals surface area contributed by atoms with E-state index in [1.807, 2.05) is 38.1 Å². The number of amides is 2. The van der Waals surface area contributed by atoms with Crippen LogP contribution in [-0.4, -0.2) is 18.9 Å². The fraction of sp³-hybridized carbons (Fsp3) is 0.120. The van der Waals surface area contributed by atoms with E-state index in [9.17, 15) is 14.0 Å². The highest BCUT2D eigenvalue weighted by molar-refractivity contribution is 6.46. The minimum Gasteiger partial charge on any atom is -0.495 e. The third-order valence-corrected chi connectivity index (χ3v) is 5.12. The zero-order valence-electron chi connectivity index (χ0n) is 17.4. The van der Waals surface area contributed by atoms with Crippen molar-refractivity contribution in [2.24, 2.45) is 0 Å². The van der Waals surface area contributed by atoms with Crippen molar-refractivity contribution in [3.05, 3.63) is 94.9 Å². The van der Waals surface area contributed by atoms with Crippen LogP contribution in [0, 0.1) is 19.7 Å². The van der Waals surface area contributed by atoms with E-state index in [0.29, 0.717) is 22.7 Å². The summed E-state index contributed by atoms with van der Waals surface area (Å²) < 4.78 is 18.9. The lowest BCUT2D eigenvalue weighted by atomic mass is 10.0. The Morgan fingerprint density at radius 1 is 0.839 bits per heavy atom. The molecule has 3 aromatic rings. The van der Waals surface area contributed by atoms with E-state index >= 15 is 0 Å². The van der Waals surface area contributed by atoms with Crippen LogP contribution in [0.15, 0.2) is 72.4 Å². The number of ether oxygens (including phenoxy) is 1. The number of methoxy groups -OCH3 is 1. The summed E-state index contributed by atoms with van der Waals surface area (Å²) in [5.74, 6) is -0.858.